The number of anilines is 1. The summed E-state index contributed by atoms with van der Waals surface area (Å²) in [5.74, 6) is -1.21. The van der Waals surface area contributed by atoms with E-state index in [-0.39, 0.29) is 18.2 Å². The van der Waals surface area contributed by atoms with Crippen molar-refractivity contribution in [2.45, 2.75) is 72.6 Å². The number of benzene rings is 2. The van der Waals surface area contributed by atoms with Gasteiger partial charge in [0.25, 0.3) is 5.91 Å². The number of phenols is 1. The Balaban J connectivity index is 2.57. The monoisotopic (exact) mass is 523 g/mol. The minimum absolute atomic E-state index is 0.0300. The van der Waals surface area contributed by atoms with Gasteiger partial charge in [-0.05, 0) is 69.4 Å². The Hall–Kier alpha value is -3.81. The van der Waals surface area contributed by atoms with Crippen molar-refractivity contribution in [1.29, 1.82) is 0 Å². The van der Waals surface area contributed by atoms with E-state index in [0.29, 0.717) is 17.7 Å². The standard InChI is InChI=1S/C30H41N3O5/c1-9-17-33(28(36)25(19(3)10-2)32-29(37)38-30(6,7)8)26(22-15-12-16-23(34)18-22)27(35)31-24-20(4)13-11-14-21(24)5/h9,11-16,18-19,25-26,34H,1,10,17H2,2-8H3,(H,31,35)(H,32,37). The van der Waals surface area contributed by atoms with E-state index in [4.69, 9.17) is 4.74 Å². The number of alkyl carbamates (subject to hydrolysis) is 1. The Labute approximate surface area is 226 Å². The summed E-state index contributed by atoms with van der Waals surface area (Å²) in [6, 6.07) is 9.86. The maximum absolute atomic E-state index is 14.1. The van der Waals surface area contributed by atoms with Crippen LogP contribution in [0.25, 0.3) is 0 Å². The lowest BCUT2D eigenvalue weighted by Gasteiger charge is -2.35. The van der Waals surface area contributed by atoms with Crippen molar-refractivity contribution in [2.24, 2.45) is 5.92 Å². The molecular formula is C30H41N3O5. The SMILES string of the molecule is C=CCN(C(=O)C(NC(=O)OC(C)(C)C)C(C)CC)C(C(=O)Nc1c(C)cccc1C)c1cccc(O)c1. The number of carbonyl (C=O) groups excluding carboxylic acids is 3. The second kappa shape index (κ2) is 13.1. The molecule has 0 aromatic heterocycles. The molecule has 0 bridgehead atoms. The summed E-state index contributed by atoms with van der Waals surface area (Å²) in [5.41, 5.74) is 2.07. The zero-order chi connectivity index (χ0) is 28.6. The van der Waals surface area contributed by atoms with Crippen LogP contribution in [-0.4, -0.2) is 46.1 Å². The molecule has 0 aliphatic heterocycles. The molecule has 38 heavy (non-hydrogen) atoms. The summed E-state index contributed by atoms with van der Waals surface area (Å²) >= 11 is 0. The molecule has 0 spiro atoms. The largest absolute Gasteiger partial charge is 0.508 e. The van der Waals surface area contributed by atoms with Crippen LogP contribution in [0.3, 0.4) is 0 Å². The van der Waals surface area contributed by atoms with Crippen LogP contribution in [0.2, 0.25) is 0 Å². The molecule has 3 unspecified atom stereocenters. The highest BCUT2D eigenvalue weighted by Gasteiger charge is 2.38. The third kappa shape index (κ3) is 8.10. The fourth-order valence-corrected chi connectivity index (χ4v) is 4.13. The fourth-order valence-electron chi connectivity index (χ4n) is 4.13. The lowest BCUT2D eigenvalue weighted by Crippen LogP contribution is -2.54. The molecule has 206 valence electrons. The van der Waals surface area contributed by atoms with E-state index < -0.39 is 35.6 Å². The zero-order valence-electron chi connectivity index (χ0n) is 23.5. The summed E-state index contributed by atoms with van der Waals surface area (Å²) < 4.78 is 5.41. The first-order valence-corrected chi connectivity index (χ1v) is 12.9. The van der Waals surface area contributed by atoms with Crippen molar-refractivity contribution in [3.8, 4) is 5.75 Å². The van der Waals surface area contributed by atoms with E-state index in [1.165, 1.54) is 23.1 Å². The lowest BCUT2D eigenvalue weighted by atomic mass is 9.95. The van der Waals surface area contributed by atoms with E-state index in [1.54, 1.807) is 32.9 Å². The lowest BCUT2D eigenvalue weighted by molar-refractivity contribution is -0.141. The summed E-state index contributed by atoms with van der Waals surface area (Å²) in [6.45, 7) is 16.6. The molecule has 2 rings (SSSR count). The molecule has 8 heteroatoms. The molecule has 2 aromatic carbocycles. The van der Waals surface area contributed by atoms with Gasteiger partial charge in [0, 0.05) is 12.2 Å². The predicted octanol–water partition coefficient (Wildman–Crippen LogP) is 5.64. The highest BCUT2D eigenvalue weighted by molar-refractivity contribution is 6.00. The van der Waals surface area contributed by atoms with Gasteiger partial charge in [-0.1, -0.05) is 56.7 Å². The topological polar surface area (TPSA) is 108 Å². The first-order chi connectivity index (χ1) is 17.8. The smallest absolute Gasteiger partial charge is 0.408 e. The van der Waals surface area contributed by atoms with Gasteiger partial charge >= 0.3 is 6.09 Å². The van der Waals surface area contributed by atoms with Crippen LogP contribution in [0.15, 0.2) is 55.1 Å². The van der Waals surface area contributed by atoms with E-state index in [9.17, 15) is 19.5 Å². The van der Waals surface area contributed by atoms with Gasteiger partial charge in [-0.15, -0.1) is 6.58 Å². The number of rotatable bonds is 10. The minimum Gasteiger partial charge on any atom is -0.508 e. The molecule has 8 nitrogen and oxygen atoms in total. The zero-order valence-corrected chi connectivity index (χ0v) is 23.5. The van der Waals surface area contributed by atoms with Crippen LogP contribution in [0, 0.1) is 19.8 Å². The van der Waals surface area contributed by atoms with Crippen molar-refractivity contribution in [3.05, 3.63) is 71.8 Å². The molecule has 0 aliphatic carbocycles. The van der Waals surface area contributed by atoms with Crippen molar-refractivity contribution in [3.63, 3.8) is 0 Å². The molecule has 3 amide bonds. The van der Waals surface area contributed by atoms with E-state index in [2.05, 4.69) is 17.2 Å². The van der Waals surface area contributed by atoms with E-state index in [0.717, 1.165) is 11.1 Å². The van der Waals surface area contributed by atoms with Crippen molar-refractivity contribution < 1.29 is 24.2 Å². The number of aromatic hydroxyl groups is 1. The Morgan fingerprint density at radius 3 is 2.24 bits per heavy atom. The summed E-state index contributed by atoms with van der Waals surface area (Å²) in [6.07, 6.45) is 1.41. The third-order valence-electron chi connectivity index (χ3n) is 6.24. The predicted molar refractivity (Wildman–Crippen MR) is 150 cm³/mol. The molecule has 3 atom stereocenters. The van der Waals surface area contributed by atoms with Gasteiger partial charge in [0.1, 0.15) is 23.4 Å². The van der Waals surface area contributed by atoms with Crippen LogP contribution in [0.4, 0.5) is 10.5 Å². The van der Waals surface area contributed by atoms with E-state index >= 15 is 0 Å². The number of hydrogen-bond acceptors (Lipinski definition) is 5. The van der Waals surface area contributed by atoms with Crippen LogP contribution >= 0.6 is 0 Å². The molecule has 0 radical (unpaired) electrons. The second-order valence-electron chi connectivity index (χ2n) is 10.5. The maximum atomic E-state index is 14.1. The van der Waals surface area contributed by atoms with Crippen LogP contribution in [-0.2, 0) is 14.3 Å². The Kier molecular flexibility index (Phi) is 10.5. The highest BCUT2D eigenvalue weighted by Crippen LogP contribution is 2.29. The summed E-state index contributed by atoms with van der Waals surface area (Å²) in [4.78, 5) is 42.0. The Morgan fingerprint density at radius 1 is 1.11 bits per heavy atom. The normalized spacial score (nSPS) is 13.6. The molecule has 0 heterocycles. The fraction of sp³-hybridized carbons (Fsp3) is 0.433. The average Bonchev–Trinajstić information content (AvgIpc) is 2.82. The number of aryl methyl sites for hydroxylation is 2. The van der Waals surface area contributed by atoms with Gasteiger partial charge in [0.2, 0.25) is 5.91 Å². The van der Waals surface area contributed by atoms with Crippen LogP contribution in [0.5, 0.6) is 5.75 Å². The average molecular weight is 524 g/mol. The number of amides is 3. The highest BCUT2D eigenvalue weighted by atomic mass is 16.6. The number of phenolic OH excluding ortho intramolecular Hbond substituents is 1. The van der Waals surface area contributed by atoms with Crippen LogP contribution < -0.4 is 10.6 Å². The quantitative estimate of drug-likeness (QED) is 0.349. The number of para-hydroxylation sites is 1. The second-order valence-corrected chi connectivity index (χ2v) is 10.5. The van der Waals surface area contributed by atoms with Gasteiger partial charge in [-0.2, -0.15) is 0 Å². The number of carbonyl (C=O) groups is 3. The number of nitrogens with zero attached hydrogens (tertiary/aromatic N) is 1. The van der Waals surface area contributed by atoms with Gasteiger partial charge in [-0.25, -0.2) is 4.79 Å². The number of ether oxygens (including phenoxy) is 1. The van der Waals surface area contributed by atoms with Gasteiger partial charge in [-0.3, -0.25) is 9.59 Å². The molecular weight excluding hydrogens is 482 g/mol. The van der Waals surface area contributed by atoms with Crippen molar-refractivity contribution in [1.82, 2.24) is 10.2 Å². The summed E-state index contributed by atoms with van der Waals surface area (Å²) in [7, 11) is 0. The van der Waals surface area contributed by atoms with Gasteiger partial charge in [0.15, 0.2) is 0 Å². The van der Waals surface area contributed by atoms with E-state index in [1.807, 2.05) is 45.9 Å². The summed E-state index contributed by atoms with van der Waals surface area (Å²) in [5, 5.41) is 15.9. The first-order valence-electron chi connectivity index (χ1n) is 12.9. The molecule has 0 fully saturated rings. The van der Waals surface area contributed by atoms with Crippen molar-refractivity contribution in [2.75, 3.05) is 11.9 Å². The Morgan fingerprint density at radius 2 is 1.71 bits per heavy atom. The molecule has 0 saturated heterocycles. The molecule has 3 N–H and O–H groups in total. The third-order valence-corrected chi connectivity index (χ3v) is 6.24. The first kappa shape index (κ1) is 30.4. The Bertz CT molecular complexity index is 1130. The van der Waals surface area contributed by atoms with Gasteiger partial charge in [0.05, 0.1) is 0 Å². The molecule has 0 saturated carbocycles. The van der Waals surface area contributed by atoms with Crippen LogP contribution in [0.1, 0.15) is 63.8 Å². The number of nitrogens with one attached hydrogen (secondary N) is 2. The molecule has 0 aliphatic rings. The van der Waals surface area contributed by atoms with Gasteiger partial charge < -0.3 is 25.4 Å². The maximum Gasteiger partial charge on any atom is 0.408 e. The molecule has 2 aromatic rings. The number of hydrogen-bond donors (Lipinski definition) is 3. The minimum atomic E-state index is -1.11. The van der Waals surface area contributed by atoms with Crippen molar-refractivity contribution >= 4 is 23.6 Å².